The highest BCUT2D eigenvalue weighted by atomic mass is 35.5. The number of amides is 1. The molecule has 0 radical (unpaired) electrons. The molecule has 0 saturated carbocycles. The number of carbonyl (C=O) groups is 1. The van der Waals surface area contributed by atoms with E-state index in [-0.39, 0.29) is 18.3 Å². The van der Waals surface area contributed by atoms with Crippen molar-refractivity contribution in [3.8, 4) is 5.75 Å². The van der Waals surface area contributed by atoms with Gasteiger partial charge in [0.25, 0.3) is 0 Å². The maximum absolute atomic E-state index is 10.9. The number of nitrogens with zero attached hydrogens (tertiary/aromatic N) is 1. The number of nitrogens with one attached hydrogen (secondary N) is 1. The standard InChI is InChI=1S/C16H18N2O2.ClH/c1-13(19)17-11-14-7-9-18(10-8-14)12-15-3-5-16(20-2)6-4-15;/h3-10H,11-12H2,1-2H3;1H. The number of rotatable bonds is 5. The highest BCUT2D eigenvalue weighted by molar-refractivity contribution is 5.72. The number of hydrogen-bond donors (Lipinski definition) is 1. The molecule has 0 bridgehead atoms. The van der Waals surface area contributed by atoms with E-state index in [0.717, 1.165) is 17.9 Å². The molecule has 4 nitrogen and oxygen atoms in total. The molecule has 0 saturated heterocycles. The van der Waals surface area contributed by atoms with Crippen molar-refractivity contribution < 1.29 is 26.5 Å². The van der Waals surface area contributed by atoms with Crippen LogP contribution in [0.1, 0.15) is 18.1 Å². The Bertz CT molecular complexity index is 568. The van der Waals surface area contributed by atoms with Crippen LogP contribution in [0.5, 0.6) is 5.75 Å². The lowest BCUT2D eigenvalue weighted by Crippen LogP contribution is -3.00. The summed E-state index contributed by atoms with van der Waals surface area (Å²) < 4.78 is 7.24. The largest absolute Gasteiger partial charge is 1.00 e. The third-order valence-corrected chi connectivity index (χ3v) is 3.03. The lowest BCUT2D eigenvalue weighted by molar-refractivity contribution is -0.688. The summed E-state index contributed by atoms with van der Waals surface area (Å²) in [6.45, 7) is 2.90. The van der Waals surface area contributed by atoms with Crippen LogP contribution in [0.2, 0.25) is 0 Å². The van der Waals surface area contributed by atoms with Crippen molar-refractivity contribution >= 4 is 5.91 Å². The molecular formula is C16H19ClN2O2. The fourth-order valence-corrected chi connectivity index (χ4v) is 1.88. The van der Waals surface area contributed by atoms with Crippen molar-refractivity contribution in [3.63, 3.8) is 0 Å². The van der Waals surface area contributed by atoms with Gasteiger partial charge in [-0.3, -0.25) is 4.79 Å². The predicted molar refractivity (Wildman–Crippen MR) is 76.3 cm³/mol. The number of aromatic nitrogens is 1. The molecule has 1 amide bonds. The summed E-state index contributed by atoms with van der Waals surface area (Å²) in [6.07, 6.45) is 4.03. The van der Waals surface area contributed by atoms with Gasteiger partial charge in [0.1, 0.15) is 5.75 Å². The molecule has 2 aromatic rings. The Balaban J connectivity index is 0.00000220. The molecule has 1 aromatic heterocycles. The Morgan fingerprint density at radius 3 is 2.24 bits per heavy atom. The Morgan fingerprint density at radius 1 is 1.10 bits per heavy atom. The van der Waals surface area contributed by atoms with Gasteiger partial charge < -0.3 is 22.5 Å². The predicted octanol–water partition coefficient (Wildman–Crippen LogP) is -1.33. The van der Waals surface area contributed by atoms with Crippen LogP contribution >= 0.6 is 0 Å². The maximum atomic E-state index is 10.9. The van der Waals surface area contributed by atoms with Crippen molar-refractivity contribution in [2.75, 3.05) is 7.11 Å². The summed E-state index contributed by atoms with van der Waals surface area (Å²) in [6, 6.07) is 12.1. The molecule has 112 valence electrons. The van der Waals surface area contributed by atoms with E-state index in [1.807, 2.05) is 36.7 Å². The summed E-state index contributed by atoms with van der Waals surface area (Å²) >= 11 is 0. The zero-order valence-electron chi connectivity index (χ0n) is 12.2. The molecule has 5 heteroatoms. The first-order valence-corrected chi connectivity index (χ1v) is 6.53. The van der Waals surface area contributed by atoms with E-state index in [1.165, 1.54) is 12.5 Å². The first-order valence-electron chi connectivity index (χ1n) is 6.53. The van der Waals surface area contributed by atoms with Crippen molar-refractivity contribution in [1.82, 2.24) is 5.32 Å². The first kappa shape index (κ1) is 17.0. The van der Waals surface area contributed by atoms with Gasteiger partial charge in [0.15, 0.2) is 18.9 Å². The van der Waals surface area contributed by atoms with Crippen LogP contribution in [0.15, 0.2) is 48.8 Å². The van der Waals surface area contributed by atoms with E-state index in [1.54, 1.807) is 7.11 Å². The van der Waals surface area contributed by atoms with Crippen molar-refractivity contribution in [1.29, 1.82) is 0 Å². The van der Waals surface area contributed by atoms with Crippen LogP contribution in [0.3, 0.4) is 0 Å². The number of carbonyl (C=O) groups excluding carboxylic acids is 1. The number of benzene rings is 1. The van der Waals surface area contributed by atoms with Gasteiger partial charge in [0.05, 0.1) is 7.11 Å². The van der Waals surface area contributed by atoms with Crippen LogP contribution < -0.4 is 27.0 Å². The molecule has 0 fully saturated rings. The molecule has 0 aliphatic heterocycles. The van der Waals surface area contributed by atoms with Crippen molar-refractivity contribution in [2.24, 2.45) is 0 Å². The van der Waals surface area contributed by atoms with Crippen molar-refractivity contribution in [2.45, 2.75) is 20.0 Å². The SMILES string of the molecule is COc1ccc(C[n+]2ccc(CNC(C)=O)cc2)cc1.[Cl-]. The molecule has 1 heterocycles. The average Bonchev–Trinajstić information content (AvgIpc) is 2.47. The third kappa shape index (κ3) is 5.44. The quantitative estimate of drug-likeness (QED) is 0.696. The second kappa shape index (κ2) is 8.27. The van der Waals surface area contributed by atoms with Gasteiger partial charge in [-0.1, -0.05) is 0 Å². The van der Waals surface area contributed by atoms with E-state index < -0.39 is 0 Å². The number of hydrogen-bond acceptors (Lipinski definition) is 2. The summed E-state index contributed by atoms with van der Waals surface area (Å²) in [5.41, 5.74) is 2.30. The Kier molecular flexibility index (Phi) is 6.69. The molecule has 0 aliphatic carbocycles. The smallest absolute Gasteiger partial charge is 0.217 e. The normalized spacial score (nSPS) is 9.62. The van der Waals surface area contributed by atoms with Gasteiger partial charge in [-0.15, -0.1) is 0 Å². The maximum Gasteiger partial charge on any atom is 0.217 e. The minimum Gasteiger partial charge on any atom is -1.00 e. The van der Waals surface area contributed by atoms with Crippen LogP contribution in [0.25, 0.3) is 0 Å². The highest BCUT2D eigenvalue weighted by Gasteiger charge is 2.03. The minimum absolute atomic E-state index is 0. The van der Waals surface area contributed by atoms with Gasteiger partial charge in [0, 0.05) is 31.2 Å². The first-order chi connectivity index (χ1) is 9.67. The second-order valence-corrected chi connectivity index (χ2v) is 4.64. The molecule has 0 atom stereocenters. The molecular weight excluding hydrogens is 288 g/mol. The molecule has 0 unspecified atom stereocenters. The van der Waals surface area contributed by atoms with Crippen LogP contribution in [-0.2, 0) is 17.9 Å². The molecule has 1 aromatic carbocycles. The highest BCUT2D eigenvalue weighted by Crippen LogP contribution is 2.10. The molecule has 2 rings (SSSR count). The van der Waals surface area contributed by atoms with Crippen molar-refractivity contribution in [3.05, 3.63) is 59.9 Å². The van der Waals surface area contributed by atoms with E-state index in [0.29, 0.717) is 6.54 Å². The number of methoxy groups -OCH3 is 1. The van der Waals surface area contributed by atoms with E-state index in [9.17, 15) is 4.79 Å². The van der Waals surface area contributed by atoms with Gasteiger partial charge in [-0.25, -0.2) is 4.57 Å². The van der Waals surface area contributed by atoms with Gasteiger partial charge in [-0.05, 0) is 29.8 Å². The Morgan fingerprint density at radius 2 is 1.71 bits per heavy atom. The Labute approximate surface area is 131 Å². The Hall–Kier alpha value is -2.07. The average molecular weight is 307 g/mol. The van der Waals surface area contributed by atoms with Gasteiger partial charge >= 0.3 is 0 Å². The molecule has 0 aliphatic rings. The van der Waals surface area contributed by atoms with Crippen LogP contribution in [-0.4, -0.2) is 13.0 Å². The van der Waals surface area contributed by atoms with Gasteiger partial charge in [-0.2, -0.15) is 0 Å². The van der Waals surface area contributed by atoms with Crippen LogP contribution in [0.4, 0.5) is 0 Å². The monoisotopic (exact) mass is 306 g/mol. The minimum atomic E-state index is -0.0139. The molecule has 21 heavy (non-hydrogen) atoms. The van der Waals surface area contributed by atoms with Gasteiger partial charge in [0.2, 0.25) is 5.91 Å². The zero-order valence-corrected chi connectivity index (χ0v) is 12.9. The molecule has 1 N–H and O–H groups in total. The lowest BCUT2D eigenvalue weighted by atomic mass is 10.2. The summed E-state index contributed by atoms with van der Waals surface area (Å²) in [5.74, 6) is 0.851. The number of pyridine rings is 1. The number of halogens is 1. The van der Waals surface area contributed by atoms with E-state index in [4.69, 9.17) is 4.74 Å². The summed E-state index contributed by atoms with van der Waals surface area (Å²) in [7, 11) is 1.66. The van der Waals surface area contributed by atoms with Crippen LogP contribution in [0, 0.1) is 0 Å². The molecule has 0 spiro atoms. The van der Waals surface area contributed by atoms with E-state index in [2.05, 4.69) is 22.0 Å². The lowest BCUT2D eigenvalue weighted by Gasteiger charge is -2.03. The second-order valence-electron chi connectivity index (χ2n) is 4.64. The summed E-state index contributed by atoms with van der Waals surface area (Å²) in [5, 5.41) is 2.78. The summed E-state index contributed by atoms with van der Waals surface area (Å²) in [4.78, 5) is 10.9. The van der Waals surface area contributed by atoms with E-state index >= 15 is 0 Å². The zero-order chi connectivity index (χ0) is 14.4. The number of ether oxygens (including phenoxy) is 1. The topological polar surface area (TPSA) is 42.2 Å². The fraction of sp³-hybridized carbons (Fsp3) is 0.250. The fourth-order valence-electron chi connectivity index (χ4n) is 1.88. The third-order valence-electron chi connectivity index (χ3n) is 3.03.